The highest BCUT2D eigenvalue weighted by molar-refractivity contribution is 5.94. The number of rotatable bonds is 5. The SMILES string of the molecule is CC12CCC(C1)C(C)(C)C2NC(=O)c1nn(C2CCCCC2)c2c1CN(C(=O)OCC1=CC=CCC1)CC2. The molecule has 7 nitrogen and oxygen atoms in total. The molecule has 0 aromatic carbocycles. The van der Waals surface area contributed by atoms with Crippen molar-refractivity contribution in [2.45, 2.75) is 110 Å². The maximum absolute atomic E-state index is 13.9. The summed E-state index contributed by atoms with van der Waals surface area (Å²) >= 11 is 0. The zero-order valence-electron chi connectivity index (χ0n) is 23.4. The van der Waals surface area contributed by atoms with Crippen molar-refractivity contribution >= 4 is 12.0 Å². The van der Waals surface area contributed by atoms with Crippen molar-refractivity contribution in [3.63, 3.8) is 0 Å². The van der Waals surface area contributed by atoms with Gasteiger partial charge in [-0.25, -0.2) is 4.79 Å². The molecule has 206 valence electrons. The third-order valence-electron chi connectivity index (χ3n) is 10.5. The van der Waals surface area contributed by atoms with Gasteiger partial charge in [0.25, 0.3) is 5.91 Å². The van der Waals surface area contributed by atoms with E-state index in [2.05, 4.69) is 36.8 Å². The lowest BCUT2D eigenvalue weighted by Crippen LogP contribution is -2.52. The molecule has 38 heavy (non-hydrogen) atoms. The van der Waals surface area contributed by atoms with Gasteiger partial charge >= 0.3 is 6.09 Å². The van der Waals surface area contributed by atoms with E-state index < -0.39 is 0 Å². The van der Waals surface area contributed by atoms with Crippen molar-refractivity contribution in [1.29, 1.82) is 0 Å². The Morgan fingerprint density at radius 3 is 2.66 bits per heavy atom. The first-order valence-corrected chi connectivity index (χ1v) is 14.9. The number of carbonyl (C=O) groups excluding carboxylic acids is 2. The number of nitrogens with one attached hydrogen (secondary N) is 1. The summed E-state index contributed by atoms with van der Waals surface area (Å²) in [6.07, 6.45) is 18.1. The summed E-state index contributed by atoms with van der Waals surface area (Å²) < 4.78 is 7.86. The lowest BCUT2D eigenvalue weighted by molar-refractivity contribution is 0.0728. The van der Waals surface area contributed by atoms with Crippen LogP contribution in [0.15, 0.2) is 23.8 Å². The summed E-state index contributed by atoms with van der Waals surface area (Å²) in [7, 11) is 0. The van der Waals surface area contributed by atoms with Crippen molar-refractivity contribution in [3.05, 3.63) is 40.8 Å². The lowest BCUT2D eigenvalue weighted by Gasteiger charge is -2.43. The molecule has 2 amide bonds. The van der Waals surface area contributed by atoms with Gasteiger partial charge in [0.1, 0.15) is 6.61 Å². The number of carbonyl (C=O) groups is 2. The van der Waals surface area contributed by atoms with Crippen LogP contribution in [0.1, 0.15) is 113 Å². The molecule has 3 fully saturated rings. The highest BCUT2D eigenvalue weighted by Gasteiger charge is 2.60. The molecule has 1 N–H and O–H groups in total. The van der Waals surface area contributed by atoms with Crippen molar-refractivity contribution in [1.82, 2.24) is 20.0 Å². The molecule has 3 saturated carbocycles. The molecule has 7 heteroatoms. The van der Waals surface area contributed by atoms with E-state index in [0.29, 0.717) is 43.8 Å². The molecular formula is C31H44N4O3. The monoisotopic (exact) mass is 520 g/mol. The van der Waals surface area contributed by atoms with Crippen LogP contribution in [0, 0.1) is 16.7 Å². The molecular weight excluding hydrogens is 476 g/mol. The number of aromatic nitrogens is 2. The van der Waals surface area contributed by atoms with E-state index >= 15 is 0 Å². The number of nitrogens with zero attached hydrogens (tertiary/aromatic N) is 3. The van der Waals surface area contributed by atoms with Crippen molar-refractivity contribution in [3.8, 4) is 0 Å². The minimum absolute atomic E-state index is 0.0722. The second-order valence-electron chi connectivity index (χ2n) is 13.3. The fourth-order valence-electron chi connectivity index (χ4n) is 8.29. The zero-order valence-corrected chi connectivity index (χ0v) is 23.4. The number of ether oxygens (including phenoxy) is 1. The molecule has 1 aromatic heterocycles. The summed E-state index contributed by atoms with van der Waals surface area (Å²) in [6, 6.07) is 0.486. The lowest BCUT2D eigenvalue weighted by atomic mass is 9.68. The van der Waals surface area contributed by atoms with E-state index in [1.807, 2.05) is 12.2 Å². The molecule has 4 aliphatic carbocycles. The molecule has 5 aliphatic rings. The van der Waals surface area contributed by atoms with E-state index in [0.717, 1.165) is 42.5 Å². The highest BCUT2D eigenvalue weighted by atomic mass is 16.6. The average Bonchev–Trinajstić information content (AvgIpc) is 3.57. The van der Waals surface area contributed by atoms with Crippen LogP contribution in [-0.4, -0.2) is 45.9 Å². The fraction of sp³-hybridized carbons (Fsp3) is 0.710. The van der Waals surface area contributed by atoms with Gasteiger partial charge in [0.15, 0.2) is 5.69 Å². The number of amides is 2. The van der Waals surface area contributed by atoms with Gasteiger partial charge in [-0.15, -0.1) is 0 Å². The topological polar surface area (TPSA) is 76.5 Å². The zero-order chi connectivity index (χ0) is 26.5. The summed E-state index contributed by atoms with van der Waals surface area (Å²) in [4.78, 5) is 28.8. The Morgan fingerprint density at radius 1 is 1.13 bits per heavy atom. The molecule has 0 saturated heterocycles. The molecule has 1 aliphatic heterocycles. The molecule has 3 unspecified atom stereocenters. The Balaban J connectivity index is 1.24. The quantitative estimate of drug-likeness (QED) is 0.509. The van der Waals surface area contributed by atoms with Gasteiger partial charge in [-0.2, -0.15) is 5.10 Å². The smallest absolute Gasteiger partial charge is 0.410 e. The van der Waals surface area contributed by atoms with Crippen molar-refractivity contribution < 1.29 is 14.3 Å². The maximum atomic E-state index is 13.9. The first kappa shape index (κ1) is 25.7. The van der Waals surface area contributed by atoms with E-state index in [1.165, 1.54) is 38.5 Å². The summed E-state index contributed by atoms with van der Waals surface area (Å²) in [5.74, 6) is 0.587. The first-order valence-electron chi connectivity index (χ1n) is 14.9. The third kappa shape index (κ3) is 4.50. The van der Waals surface area contributed by atoms with Crippen LogP contribution in [0.25, 0.3) is 0 Å². The number of allylic oxidation sites excluding steroid dienone is 3. The Kier molecular flexibility index (Phi) is 6.68. The Hall–Kier alpha value is -2.57. The molecule has 2 bridgehead atoms. The normalized spacial score (nSPS) is 30.2. The second-order valence-corrected chi connectivity index (χ2v) is 13.3. The Labute approximate surface area is 227 Å². The summed E-state index contributed by atoms with van der Waals surface area (Å²) in [6.45, 7) is 8.29. The maximum Gasteiger partial charge on any atom is 0.410 e. The van der Waals surface area contributed by atoms with Gasteiger partial charge < -0.3 is 15.0 Å². The third-order valence-corrected chi connectivity index (χ3v) is 10.5. The van der Waals surface area contributed by atoms with Crippen LogP contribution < -0.4 is 5.32 Å². The van der Waals surface area contributed by atoms with Crippen LogP contribution in [0.2, 0.25) is 0 Å². The number of hydrogen-bond donors (Lipinski definition) is 1. The van der Waals surface area contributed by atoms with Crippen molar-refractivity contribution in [2.24, 2.45) is 16.7 Å². The Morgan fingerprint density at radius 2 is 1.95 bits per heavy atom. The van der Waals surface area contributed by atoms with E-state index in [9.17, 15) is 9.59 Å². The average molecular weight is 521 g/mol. The molecule has 1 aromatic rings. The minimum atomic E-state index is -0.301. The van der Waals surface area contributed by atoms with E-state index in [4.69, 9.17) is 9.84 Å². The molecule has 0 radical (unpaired) electrons. The van der Waals surface area contributed by atoms with Gasteiger partial charge in [0.05, 0.1) is 12.6 Å². The predicted octanol–water partition coefficient (Wildman–Crippen LogP) is 6.10. The molecule has 3 atom stereocenters. The fourth-order valence-corrected chi connectivity index (χ4v) is 8.29. The largest absolute Gasteiger partial charge is 0.445 e. The predicted molar refractivity (Wildman–Crippen MR) is 147 cm³/mol. The Bertz CT molecular complexity index is 1150. The van der Waals surface area contributed by atoms with Crippen LogP contribution in [-0.2, 0) is 17.7 Å². The minimum Gasteiger partial charge on any atom is -0.445 e. The van der Waals surface area contributed by atoms with Crippen LogP contribution in [0.4, 0.5) is 4.79 Å². The summed E-state index contributed by atoms with van der Waals surface area (Å²) in [5.41, 5.74) is 3.95. The van der Waals surface area contributed by atoms with Crippen molar-refractivity contribution in [2.75, 3.05) is 13.2 Å². The van der Waals surface area contributed by atoms with Crippen LogP contribution >= 0.6 is 0 Å². The standard InChI is InChI=1S/C31H44N4O3/c1-30(2)22-14-16-31(3,18-22)28(30)32-27(36)26-24-19-34(29(37)38-20-21-10-6-4-7-11-21)17-15-25(24)35(33-26)23-12-8-5-9-13-23/h4,6,10,22-23,28H,5,7-9,11-20H2,1-3H3,(H,32,36). The molecule has 0 spiro atoms. The van der Waals surface area contributed by atoms with Gasteiger partial charge in [-0.05, 0) is 67.3 Å². The van der Waals surface area contributed by atoms with Crippen LogP contribution in [0.5, 0.6) is 0 Å². The second kappa shape index (κ2) is 9.87. The van der Waals surface area contributed by atoms with Gasteiger partial charge in [-0.1, -0.05) is 58.3 Å². The van der Waals surface area contributed by atoms with Gasteiger partial charge in [-0.3, -0.25) is 9.48 Å². The molecule has 6 rings (SSSR count). The van der Waals surface area contributed by atoms with E-state index in [-0.39, 0.29) is 28.9 Å². The summed E-state index contributed by atoms with van der Waals surface area (Å²) in [5, 5.41) is 8.48. The van der Waals surface area contributed by atoms with Crippen LogP contribution in [0.3, 0.4) is 0 Å². The van der Waals surface area contributed by atoms with Gasteiger partial charge in [0.2, 0.25) is 0 Å². The number of hydrogen-bond acceptors (Lipinski definition) is 4. The first-order chi connectivity index (χ1) is 18.3. The van der Waals surface area contributed by atoms with Gasteiger partial charge in [0, 0.05) is 30.3 Å². The van der Waals surface area contributed by atoms with E-state index in [1.54, 1.807) is 4.90 Å². The number of fused-ring (bicyclic) bond motifs is 3. The molecule has 2 heterocycles. The highest BCUT2D eigenvalue weighted by Crippen LogP contribution is 2.62.